The molecule has 0 bridgehead atoms. The zero-order valence-corrected chi connectivity index (χ0v) is 7.76. The number of furan rings is 1. The number of ketones is 1. The summed E-state index contributed by atoms with van der Waals surface area (Å²) >= 11 is 0. The maximum absolute atomic E-state index is 11.5. The van der Waals surface area contributed by atoms with E-state index in [-0.39, 0.29) is 11.7 Å². The Kier molecular flexibility index (Phi) is 2.69. The molecule has 0 atom stereocenters. The average molecular weight is 166 g/mol. The summed E-state index contributed by atoms with van der Waals surface area (Å²) in [5.74, 6) is 1.02. The van der Waals surface area contributed by atoms with Crippen LogP contribution in [0.4, 0.5) is 0 Å². The standard InChI is InChI=1S/C10H14O2/c1-4-9-8(5-6-12-9)10(11)7(2)3/h5-7H,4H2,1-3H3. The van der Waals surface area contributed by atoms with E-state index in [2.05, 4.69) is 0 Å². The van der Waals surface area contributed by atoms with Gasteiger partial charge in [-0.1, -0.05) is 20.8 Å². The molecule has 66 valence electrons. The minimum atomic E-state index is 0.0490. The lowest BCUT2D eigenvalue weighted by Gasteiger charge is -2.02. The second-order valence-electron chi connectivity index (χ2n) is 3.13. The number of rotatable bonds is 3. The number of carbonyl (C=O) groups excluding carboxylic acids is 1. The molecule has 1 aromatic rings. The number of hydrogen-bond donors (Lipinski definition) is 0. The summed E-state index contributed by atoms with van der Waals surface area (Å²) in [7, 11) is 0. The maximum atomic E-state index is 11.5. The van der Waals surface area contributed by atoms with Crippen LogP contribution in [0.3, 0.4) is 0 Å². The molecule has 2 nitrogen and oxygen atoms in total. The van der Waals surface area contributed by atoms with Gasteiger partial charge in [0, 0.05) is 12.3 Å². The van der Waals surface area contributed by atoms with Gasteiger partial charge >= 0.3 is 0 Å². The lowest BCUT2D eigenvalue weighted by molar-refractivity contribution is 0.0937. The fourth-order valence-corrected chi connectivity index (χ4v) is 1.14. The predicted molar refractivity (Wildman–Crippen MR) is 47.3 cm³/mol. The first-order chi connectivity index (χ1) is 5.66. The van der Waals surface area contributed by atoms with Gasteiger partial charge in [0.05, 0.1) is 11.8 Å². The maximum Gasteiger partial charge on any atom is 0.168 e. The molecule has 0 radical (unpaired) electrons. The summed E-state index contributed by atoms with van der Waals surface area (Å²) in [4.78, 5) is 11.5. The molecule has 0 aromatic carbocycles. The van der Waals surface area contributed by atoms with Crippen molar-refractivity contribution in [1.29, 1.82) is 0 Å². The summed E-state index contributed by atoms with van der Waals surface area (Å²) in [6, 6.07) is 1.75. The smallest absolute Gasteiger partial charge is 0.168 e. The van der Waals surface area contributed by atoms with Crippen molar-refractivity contribution < 1.29 is 9.21 Å². The molecule has 0 spiro atoms. The van der Waals surface area contributed by atoms with Crippen molar-refractivity contribution in [1.82, 2.24) is 0 Å². The van der Waals surface area contributed by atoms with Gasteiger partial charge in [-0.2, -0.15) is 0 Å². The molecule has 0 fully saturated rings. The quantitative estimate of drug-likeness (QED) is 0.646. The van der Waals surface area contributed by atoms with Crippen LogP contribution in [0.1, 0.15) is 36.9 Å². The normalized spacial score (nSPS) is 10.7. The molecule has 0 N–H and O–H groups in total. The first-order valence-electron chi connectivity index (χ1n) is 4.27. The van der Waals surface area contributed by atoms with E-state index in [0.717, 1.165) is 17.7 Å². The van der Waals surface area contributed by atoms with Gasteiger partial charge in [0.1, 0.15) is 5.76 Å². The van der Waals surface area contributed by atoms with E-state index in [1.165, 1.54) is 0 Å². The summed E-state index contributed by atoms with van der Waals surface area (Å²) in [6.07, 6.45) is 2.36. The third kappa shape index (κ3) is 1.58. The van der Waals surface area contributed by atoms with Gasteiger partial charge in [-0.25, -0.2) is 0 Å². The van der Waals surface area contributed by atoms with Crippen LogP contribution < -0.4 is 0 Å². The molecule has 0 saturated carbocycles. The molecular formula is C10H14O2. The van der Waals surface area contributed by atoms with E-state index < -0.39 is 0 Å². The number of hydrogen-bond acceptors (Lipinski definition) is 2. The Hall–Kier alpha value is -1.05. The van der Waals surface area contributed by atoms with Gasteiger partial charge in [0.15, 0.2) is 5.78 Å². The molecule has 0 amide bonds. The molecule has 1 aromatic heterocycles. The van der Waals surface area contributed by atoms with E-state index in [1.807, 2.05) is 20.8 Å². The van der Waals surface area contributed by atoms with Crippen molar-refractivity contribution in [2.45, 2.75) is 27.2 Å². The number of aryl methyl sites for hydroxylation is 1. The van der Waals surface area contributed by atoms with E-state index in [4.69, 9.17) is 4.42 Å². The summed E-state index contributed by atoms with van der Waals surface area (Å²) in [5.41, 5.74) is 0.743. The number of carbonyl (C=O) groups is 1. The van der Waals surface area contributed by atoms with Crippen molar-refractivity contribution >= 4 is 5.78 Å². The third-order valence-corrected chi connectivity index (χ3v) is 1.86. The van der Waals surface area contributed by atoms with Crippen LogP contribution in [0.15, 0.2) is 16.7 Å². The molecule has 1 rings (SSSR count). The molecule has 1 heterocycles. The highest BCUT2D eigenvalue weighted by atomic mass is 16.3. The molecule has 0 aliphatic heterocycles. The van der Waals surface area contributed by atoms with Gasteiger partial charge in [0.25, 0.3) is 0 Å². The Labute approximate surface area is 72.6 Å². The first-order valence-corrected chi connectivity index (χ1v) is 4.27. The largest absolute Gasteiger partial charge is 0.469 e. The molecule has 12 heavy (non-hydrogen) atoms. The second-order valence-corrected chi connectivity index (χ2v) is 3.13. The molecule has 0 unspecified atom stereocenters. The number of Topliss-reactive ketones (excluding diaryl/α,β-unsaturated/α-hetero) is 1. The Bertz CT molecular complexity index is 271. The van der Waals surface area contributed by atoms with E-state index in [1.54, 1.807) is 12.3 Å². The van der Waals surface area contributed by atoms with Crippen molar-refractivity contribution in [2.24, 2.45) is 5.92 Å². The topological polar surface area (TPSA) is 30.2 Å². The van der Waals surface area contributed by atoms with Crippen molar-refractivity contribution in [3.63, 3.8) is 0 Å². The Morgan fingerprint density at radius 1 is 1.58 bits per heavy atom. The van der Waals surface area contributed by atoms with Crippen molar-refractivity contribution in [3.8, 4) is 0 Å². The highest BCUT2D eigenvalue weighted by Crippen LogP contribution is 2.15. The molecule has 0 aliphatic carbocycles. The molecule has 2 heteroatoms. The second kappa shape index (κ2) is 3.57. The van der Waals surface area contributed by atoms with E-state index in [0.29, 0.717) is 0 Å². The van der Waals surface area contributed by atoms with Crippen LogP contribution in [-0.2, 0) is 6.42 Å². The highest BCUT2D eigenvalue weighted by molar-refractivity contribution is 5.98. The zero-order chi connectivity index (χ0) is 9.14. The lowest BCUT2D eigenvalue weighted by atomic mass is 10.0. The minimum Gasteiger partial charge on any atom is -0.469 e. The van der Waals surface area contributed by atoms with Gasteiger partial charge in [-0.05, 0) is 6.07 Å². The van der Waals surface area contributed by atoms with E-state index >= 15 is 0 Å². The van der Waals surface area contributed by atoms with Crippen LogP contribution in [0, 0.1) is 5.92 Å². The fourth-order valence-electron chi connectivity index (χ4n) is 1.14. The van der Waals surface area contributed by atoms with Gasteiger partial charge in [-0.3, -0.25) is 4.79 Å². The van der Waals surface area contributed by atoms with Gasteiger partial charge < -0.3 is 4.42 Å². The van der Waals surface area contributed by atoms with Crippen molar-refractivity contribution in [2.75, 3.05) is 0 Å². The zero-order valence-electron chi connectivity index (χ0n) is 7.76. The Balaban J connectivity index is 2.94. The Morgan fingerprint density at radius 2 is 2.25 bits per heavy atom. The van der Waals surface area contributed by atoms with Crippen LogP contribution in [0.5, 0.6) is 0 Å². The monoisotopic (exact) mass is 166 g/mol. The van der Waals surface area contributed by atoms with Crippen LogP contribution >= 0.6 is 0 Å². The van der Waals surface area contributed by atoms with Crippen LogP contribution in [0.2, 0.25) is 0 Å². The lowest BCUT2D eigenvalue weighted by Crippen LogP contribution is -2.08. The van der Waals surface area contributed by atoms with Crippen molar-refractivity contribution in [3.05, 3.63) is 23.7 Å². The van der Waals surface area contributed by atoms with Gasteiger partial charge in [0.2, 0.25) is 0 Å². The van der Waals surface area contributed by atoms with Crippen LogP contribution in [0.25, 0.3) is 0 Å². The molecule has 0 saturated heterocycles. The Morgan fingerprint density at radius 3 is 2.75 bits per heavy atom. The third-order valence-electron chi connectivity index (χ3n) is 1.86. The van der Waals surface area contributed by atoms with E-state index in [9.17, 15) is 4.79 Å². The molecular weight excluding hydrogens is 152 g/mol. The summed E-state index contributed by atoms with van der Waals surface area (Å²) in [5, 5.41) is 0. The summed E-state index contributed by atoms with van der Waals surface area (Å²) < 4.78 is 5.16. The average Bonchev–Trinajstić information content (AvgIpc) is 2.49. The van der Waals surface area contributed by atoms with Gasteiger partial charge in [-0.15, -0.1) is 0 Å². The minimum absolute atomic E-state index is 0.0490. The fraction of sp³-hybridized carbons (Fsp3) is 0.500. The van der Waals surface area contributed by atoms with Crippen LogP contribution in [-0.4, -0.2) is 5.78 Å². The summed E-state index contributed by atoms with van der Waals surface area (Å²) in [6.45, 7) is 5.78. The molecule has 0 aliphatic rings. The SMILES string of the molecule is CCc1occc1C(=O)C(C)C. The predicted octanol–water partition coefficient (Wildman–Crippen LogP) is 2.68. The highest BCUT2D eigenvalue weighted by Gasteiger charge is 2.15. The first kappa shape index (κ1) is 9.04.